The SMILES string of the molecule is CC1CC(C)CN(C(=O)[C@H]2CCC3=C2[C@@H](C)C2=CNN(c4ccc(F)cc4)C2=C3)C1. The molecule has 0 saturated carbocycles. The van der Waals surface area contributed by atoms with Crippen LogP contribution < -0.4 is 10.4 Å². The number of fused-ring (bicyclic) bond motifs is 1. The fraction of sp³-hybridized carbons (Fsp3) is 0.480. The van der Waals surface area contributed by atoms with Gasteiger partial charge in [-0.3, -0.25) is 9.80 Å². The Morgan fingerprint density at radius 1 is 1.10 bits per heavy atom. The highest BCUT2D eigenvalue weighted by Gasteiger charge is 2.42. The van der Waals surface area contributed by atoms with Crippen LogP contribution in [-0.4, -0.2) is 23.9 Å². The van der Waals surface area contributed by atoms with E-state index in [1.54, 1.807) is 12.1 Å². The standard InChI is InChI=1S/C25H30FN3O/c1-15-10-16(2)14-28(13-15)25(30)21-9-4-18-11-23-22(17(3)24(18)21)12-27-29(23)20-7-5-19(26)6-8-20/h5-8,11-12,15-17,21,27H,4,9-10,13-14H2,1-3H3/t15?,16?,17-,21-/m0/s1. The average Bonchev–Trinajstić information content (AvgIpc) is 3.32. The Hall–Kier alpha value is -2.56. The van der Waals surface area contributed by atoms with Crippen LogP contribution in [0.25, 0.3) is 0 Å². The average molecular weight is 408 g/mol. The van der Waals surface area contributed by atoms with Crippen LogP contribution in [0.3, 0.4) is 0 Å². The van der Waals surface area contributed by atoms with E-state index in [1.807, 2.05) is 11.2 Å². The minimum Gasteiger partial charge on any atom is -0.342 e. The van der Waals surface area contributed by atoms with Crippen LogP contribution in [0.5, 0.6) is 0 Å². The van der Waals surface area contributed by atoms with Crippen LogP contribution in [0.1, 0.15) is 40.0 Å². The molecule has 4 aliphatic rings. The summed E-state index contributed by atoms with van der Waals surface area (Å²) < 4.78 is 13.4. The second-order valence-corrected chi connectivity index (χ2v) is 9.55. The predicted molar refractivity (Wildman–Crippen MR) is 117 cm³/mol. The van der Waals surface area contributed by atoms with Crippen molar-refractivity contribution in [3.05, 3.63) is 64.8 Å². The second kappa shape index (κ2) is 7.29. The molecule has 1 aromatic rings. The van der Waals surface area contributed by atoms with Crippen molar-refractivity contribution in [2.45, 2.75) is 40.0 Å². The third-order valence-corrected chi connectivity index (χ3v) is 7.14. The van der Waals surface area contributed by atoms with Crippen molar-refractivity contribution in [1.29, 1.82) is 0 Å². The smallest absolute Gasteiger partial charge is 0.229 e. The number of nitrogens with one attached hydrogen (secondary N) is 1. The first-order valence-electron chi connectivity index (χ1n) is 11.2. The van der Waals surface area contributed by atoms with Gasteiger partial charge in [-0.1, -0.05) is 20.8 Å². The van der Waals surface area contributed by atoms with E-state index in [-0.39, 0.29) is 17.7 Å². The lowest BCUT2D eigenvalue weighted by molar-refractivity contribution is -0.137. The van der Waals surface area contributed by atoms with Gasteiger partial charge >= 0.3 is 0 Å². The Labute approximate surface area is 178 Å². The number of carbonyl (C=O) groups excluding carboxylic acids is 1. The normalized spacial score (nSPS) is 30.5. The molecule has 2 unspecified atom stereocenters. The van der Waals surface area contributed by atoms with E-state index < -0.39 is 0 Å². The number of amides is 1. The molecule has 1 fully saturated rings. The number of piperidine rings is 1. The lowest BCUT2D eigenvalue weighted by Gasteiger charge is -2.38. The van der Waals surface area contributed by atoms with Crippen molar-refractivity contribution in [1.82, 2.24) is 10.3 Å². The molecule has 0 bridgehead atoms. The number of hydrogen-bond donors (Lipinski definition) is 1. The predicted octanol–water partition coefficient (Wildman–Crippen LogP) is 4.78. The van der Waals surface area contributed by atoms with Gasteiger partial charge in [-0.15, -0.1) is 0 Å². The third-order valence-electron chi connectivity index (χ3n) is 7.14. The molecule has 4 nitrogen and oxygen atoms in total. The van der Waals surface area contributed by atoms with Crippen molar-refractivity contribution < 1.29 is 9.18 Å². The molecule has 2 aliphatic heterocycles. The van der Waals surface area contributed by atoms with Gasteiger partial charge in [0, 0.05) is 30.8 Å². The first kappa shape index (κ1) is 19.4. The molecule has 1 amide bonds. The summed E-state index contributed by atoms with van der Waals surface area (Å²) in [4.78, 5) is 15.6. The summed E-state index contributed by atoms with van der Waals surface area (Å²) in [5.41, 5.74) is 9.18. The number of rotatable bonds is 2. The van der Waals surface area contributed by atoms with Crippen molar-refractivity contribution in [3.63, 3.8) is 0 Å². The first-order chi connectivity index (χ1) is 14.4. The number of halogens is 1. The van der Waals surface area contributed by atoms with Gasteiger partial charge < -0.3 is 10.3 Å². The van der Waals surface area contributed by atoms with Gasteiger partial charge in [0.1, 0.15) is 5.82 Å². The molecule has 1 N–H and O–H groups in total. The Kier molecular flexibility index (Phi) is 4.72. The molecule has 1 aromatic carbocycles. The van der Waals surface area contributed by atoms with E-state index in [9.17, 15) is 9.18 Å². The Morgan fingerprint density at radius 3 is 2.50 bits per heavy atom. The molecule has 2 aliphatic carbocycles. The summed E-state index contributed by atoms with van der Waals surface area (Å²) in [7, 11) is 0. The second-order valence-electron chi connectivity index (χ2n) is 9.55. The van der Waals surface area contributed by atoms with Gasteiger partial charge in [0.25, 0.3) is 0 Å². The zero-order valence-corrected chi connectivity index (χ0v) is 18.0. The molecule has 5 rings (SSSR count). The highest BCUT2D eigenvalue weighted by atomic mass is 19.1. The maximum Gasteiger partial charge on any atom is 0.229 e. The van der Waals surface area contributed by atoms with Crippen LogP contribution in [0.4, 0.5) is 10.1 Å². The van der Waals surface area contributed by atoms with Crippen LogP contribution in [0.2, 0.25) is 0 Å². The van der Waals surface area contributed by atoms with Crippen LogP contribution >= 0.6 is 0 Å². The maximum absolute atomic E-state index is 13.5. The topological polar surface area (TPSA) is 35.6 Å². The molecule has 0 spiro atoms. The fourth-order valence-corrected chi connectivity index (χ4v) is 5.92. The lowest BCUT2D eigenvalue weighted by atomic mass is 9.79. The van der Waals surface area contributed by atoms with Gasteiger partial charge in [-0.25, -0.2) is 4.39 Å². The maximum atomic E-state index is 13.5. The van der Waals surface area contributed by atoms with Gasteiger partial charge in [0.15, 0.2) is 0 Å². The molecule has 5 heteroatoms. The summed E-state index contributed by atoms with van der Waals surface area (Å²) >= 11 is 0. The summed E-state index contributed by atoms with van der Waals surface area (Å²) in [6.07, 6.45) is 7.34. The zero-order valence-electron chi connectivity index (χ0n) is 18.0. The summed E-state index contributed by atoms with van der Waals surface area (Å²) in [5.74, 6) is 1.45. The molecule has 0 aromatic heterocycles. The molecule has 158 valence electrons. The van der Waals surface area contributed by atoms with Crippen molar-refractivity contribution >= 4 is 11.6 Å². The van der Waals surface area contributed by atoms with Crippen molar-refractivity contribution in [3.8, 4) is 0 Å². The van der Waals surface area contributed by atoms with E-state index in [0.29, 0.717) is 17.7 Å². The zero-order chi connectivity index (χ0) is 21.0. The number of likely N-dealkylation sites (tertiary alicyclic amines) is 1. The first-order valence-corrected chi connectivity index (χ1v) is 11.2. The number of carbonyl (C=O) groups is 1. The molecule has 2 heterocycles. The highest BCUT2D eigenvalue weighted by molar-refractivity contribution is 5.84. The minimum absolute atomic E-state index is 0.00562. The van der Waals surface area contributed by atoms with Crippen molar-refractivity contribution in [2.24, 2.45) is 23.7 Å². The fourth-order valence-electron chi connectivity index (χ4n) is 5.92. The van der Waals surface area contributed by atoms with Crippen LogP contribution in [0.15, 0.2) is 59.0 Å². The monoisotopic (exact) mass is 407 g/mol. The summed E-state index contributed by atoms with van der Waals surface area (Å²) in [6.45, 7) is 8.51. The van der Waals surface area contributed by atoms with E-state index in [4.69, 9.17) is 0 Å². The number of allylic oxidation sites excluding steroid dienone is 3. The molecule has 0 radical (unpaired) electrons. The highest BCUT2D eigenvalue weighted by Crippen LogP contribution is 2.48. The lowest BCUT2D eigenvalue weighted by Crippen LogP contribution is -2.45. The third kappa shape index (κ3) is 3.15. The molecular weight excluding hydrogens is 377 g/mol. The van der Waals surface area contributed by atoms with Crippen molar-refractivity contribution in [2.75, 3.05) is 18.1 Å². The Morgan fingerprint density at radius 2 is 1.80 bits per heavy atom. The van der Waals surface area contributed by atoms with E-state index in [2.05, 4.69) is 37.2 Å². The van der Waals surface area contributed by atoms with E-state index >= 15 is 0 Å². The molecule has 30 heavy (non-hydrogen) atoms. The largest absolute Gasteiger partial charge is 0.342 e. The minimum atomic E-state index is -0.236. The molecule has 1 saturated heterocycles. The van der Waals surface area contributed by atoms with Gasteiger partial charge in [-0.05, 0) is 72.6 Å². The Balaban J connectivity index is 1.43. The summed E-state index contributed by atoms with van der Waals surface area (Å²) in [6, 6.07) is 6.54. The number of hydrazine groups is 1. The van der Waals surface area contributed by atoms with Crippen LogP contribution in [0, 0.1) is 29.5 Å². The van der Waals surface area contributed by atoms with E-state index in [0.717, 1.165) is 37.3 Å². The number of nitrogens with zero attached hydrogens (tertiary/aromatic N) is 2. The molecular formula is C25H30FN3O. The van der Waals surface area contributed by atoms with Gasteiger partial charge in [0.2, 0.25) is 5.91 Å². The van der Waals surface area contributed by atoms with Gasteiger partial charge in [0.05, 0.1) is 17.3 Å². The number of hydrogen-bond acceptors (Lipinski definition) is 3. The van der Waals surface area contributed by atoms with Crippen LogP contribution in [-0.2, 0) is 4.79 Å². The number of benzene rings is 1. The van der Waals surface area contributed by atoms with Gasteiger partial charge in [-0.2, -0.15) is 0 Å². The quantitative estimate of drug-likeness (QED) is 0.766. The molecule has 4 atom stereocenters. The number of anilines is 1. The summed E-state index contributed by atoms with van der Waals surface area (Å²) in [5, 5.41) is 2.01. The Bertz CT molecular complexity index is 951. The van der Waals surface area contributed by atoms with E-state index in [1.165, 1.54) is 35.3 Å².